The van der Waals surface area contributed by atoms with Gasteiger partial charge >= 0.3 is 0 Å². The van der Waals surface area contributed by atoms with Gasteiger partial charge in [-0.05, 0) is 12.8 Å². The number of halogens is 1. The molecule has 0 spiro atoms. The molecule has 28 heavy (non-hydrogen) atoms. The number of methoxy groups -OCH3 is 2. The summed E-state index contributed by atoms with van der Waals surface area (Å²) in [6, 6.07) is 3.15. The van der Waals surface area contributed by atoms with Crippen LogP contribution < -0.4 is 14.8 Å². The van der Waals surface area contributed by atoms with Crippen LogP contribution in [0.2, 0.25) is 5.02 Å². The molecule has 0 radical (unpaired) electrons. The number of benzene rings is 1. The highest BCUT2D eigenvalue weighted by Gasteiger charge is 2.29. The van der Waals surface area contributed by atoms with E-state index in [1.165, 1.54) is 35.6 Å². The minimum absolute atomic E-state index is 0.0674. The van der Waals surface area contributed by atoms with Gasteiger partial charge in [-0.3, -0.25) is 4.79 Å². The van der Waals surface area contributed by atoms with Crippen molar-refractivity contribution in [1.82, 2.24) is 13.9 Å². The highest BCUT2D eigenvalue weighted by atomic mass is 35.5. The summed E-state index contributed by atoms with van der Waals surface area (Å²) in [7, 11) is -0.676. The van der Waals surface area contributed by atoms with Gasteiger partial charge in [-0.15, -0.1) is 0 Å². The van der Waals surface area contributed by atoms with Gasteiger partial charge in [-0.1, -0.05) is 11.6 Å². The van der Waals surface area contributed by atoms with Crippen LogP contribution in [0.5, 0.6) is 11.5 Å². The first kappa shape index (κ1) is 20.4. The Morgan fingerprint density at radius 2 is 1.96 bits per heavy atom. The van der Waals surface area contributed by atoms with Gasteiger partial charge < -0.3 is 19.4 Å². The molecule has 1 aliphatic rings. The third kappa shape index (κ3) is 4.23. The zero-order valence-electron chi connectivity index (χ0n) is 15.5. The predicted octanol–water partition coefficient (Wildman–Crippen LogP) is 1.98. The van der Waals surface area contributed by atoms with E-state index in [1.54, 1.807) is 12.1 Å². The van der Waals surface area contributed by atoms with Crippen molar-refractivity contribution in [1.29, 1.82) is 0 Å². The first-order valence-electron chi connectivity index (χ1n) is 8.58. The summed E-state index contributed by atoms with van der Waals surface area (Å²) in [5, 5.41) is 2.86. The molecule has 1 fully saturated rings. The number of aromatic nitrogens is 2. The predicted molar refractivity (Wildman–Crippen MR) is 103 cm³/mol. The van der Waals surface area contributed by atoms with Gasteiger partial charge in [0.1, 0.15) is 23.7 Å². The Hall–Kier alpha value is -2.30. The van der Waals surface area contributed by atoms with E-state index in [0.29, 0.717) is 30.3 Å². The maximum absolute atomic E-state index is 12.5. The molecule has 0 unspecified atom stereocenters. The molecule has 152 valence electrons. The van der Waals surface area contributed by atoms with E-state index in [9.17, 15) is 13.2 Å². The van der Waals surface area contributed by atoms with Crippen LogP contribution in [0.25, 0.3) is 0 Å². The zero-order valence-corrected chi connectivity index (χ0v) is 17.1. The summed E-state index contributed by atoms with van der Waals surface area (Å²) in [6.07, 6.45) is 4.34. The first-order chi connectivity index (χ1) is 13.3. The van der Waals surface area contributed by atoms with Crippen LogP contribution in [0.15, 0.2) is 29.7 Å². The molecule has 11 heteroatoms. The Labute approximate surface area is 168 Å². The van der Waals surface area contributed by atoms with Gasteiger partial charge in [-0.25, -0.2) is 13.4 Å². The van der Waals surface area contributed by atoms with Crippen LogP contribution in [-0.2, 0) is 21.4 Å². The topological polar surface area (TPSA) is 103 Å². The van der Waals surface area contributed by atoms with Gasteiger partial charge in [0.05, 0.1) is 25.6 Å². The lowest BCUT2D eigenvalue weighted by atomic mass is 10.2. The highest BCUT2D eigenvalue weighted by Crippen LogP contribution is 2.36. The smallest absolute Gasteiger partial charge is 0.262 e. The van der Waals surface area contributed by atoms with Crippen LogP contribution in [-0.4, -0.2) is 55.5 Å². The average Bonchev–Trinajstić information content (AvgIpc) is 3.35. The minimum atomic E-state index is -3.62. The molecule has 0 aliphatic carbocycles. The third-order valence-corrected chi connectivity index (χ3v) is 6.44. The number of anilines is 1. The largest absolute Gasteiger partial charge is 0.497 e. The molecule has 2 aromatic rings. The number of hydrogen-bond donors (Lipinski definition) is 1. The number of imidazole rings is 1. The molecular formula is C17H21ClN4O5S. The van der Waals surface area contributed by atoms with Crippen LogP contribution in [0, 0.1) is 0 Å². The Bertz CT molecular complexity index is 970. The molecule has 0 atom stereocenters. The Morgan fingerprint density at radius 1 is 1.25 bits per heavy atom. The fourth-order valence-electron chi connectivity index (χ4n) is 2.92. The maximum Gasteiger partial charge on any atom is 0.262 e. The number of ether oxygens (including phenoxy) is 2. The monoisotopic (exact) mass is 428 g/mol. The average molecular weight is 429 g/mol. The molecule has 9 nitrogen and oxygen atoms in total. The number of carbonyl (C=O) groups is 1. The quantitative estimate of drug-likeness (QED) is 0.723. The summed E-state index contributed by atoms with van der Waals surface area (Å²) < 4.78 is 38.2. The normalized spacial score (nSPS) is 14.8. The molecule has 1 aromatic heterocycles. The molecule has 2 heterocycles. The van der Waals surface area contributed by atoms with Crippen LogP contribution in [0.4, 0.5) is 5.69 Å². The van der Waals surface area contributed by atoms with Gasteiger partial charge in [-0.2, -0.15) is 4.31 Å². The summed E-state index contributed by atoms with van der Waals surface area (Å²) in [5.41, 5.74) is 0.306. The van der Waals surface area contributed by atoms with Crippen molar-refractivity contribution >= 4 is 33.2 Å². The molecule has 0 saturated carbocycles. The summed E-state index contributed by atoms with van der Waals surface area (Å²) in [4.78, 5) is 16.4. The standard InChI is InChI=1S/C17H21ClN4O5S/c1-26-12-7-13(18)17(14(8-12)27-2)20-15(23)9-21-10-16(19-11-21)28(24,25)22-5-3-4-6-22/h7-8,10-11H,3-6,9H2,1-2H3,(H,20,23). The Morgan fingerprint density at radius 3 is 2.61 bits per heavy atom. The van der Waals surface area contributed by atoms with Crippen molar-refractivity contribution in [3.05, 3.63) is 29.7 Å². The fraction of sp³-hybridized carbons (Fsp3) is 0.412. The molecule has 1 aliphatic heterocycles. The summed E-state index contributed by atoms with van der Waals surface area (Å²) in [6.45, 7) is 0.852. The van der Waals surface area contributed by atoms with E-state index in [-0.39, 0.29) is 16.6 Å². The number of hydrogen-bond acceptors (Lipinski definition) is 6. The second-order valence-corrected chi connectivity index (χ2v) is 8.52. The van der Waals surface area contributed by atoms with Crippen molar-refractivity contribution in [2.45, 2.75) is 24.4 Å². The number of nitrogens with one attached hydrogen (secondary N) is 1. The van der Waals surface area contributed by atoms with Crippen LogP contribution in [0.3, 0.4) is 0 Å². The molecule has 1 aromatic carbocycles. The van der Waals surface area contributed by atoms with Crippen molar-refractivity contribution in [2.24, 2.45) is 0 Å². The Kier molecular flexibility index (Phi) is 6.11. The molecular weight excluding hydrogens is 408 g/mol. The van der Waals surface area contributed by atoms with Crippen molar-refractivity contribution in [2.75, 3.05) is 32.6 Å². The first-order valence-corrected chi connectivity index (χ1v) is 10.4. The number of carbonyl (C=O) groups excluding carboxylic acids is 1. The number of nitrogens with zero attached hydrogens (tertiary/aromatic N) is 3. The third-order valence-electron chi connectivity index (χ3n) is 4.35. The highest BCUT2D eigenvalue weighted by molar-refractivity contribution is 7.89. The van der Waals surface area contributed by atoms with E-state index >= 15 is 0 Å². The second-order valence-electron chi connectivity index (χ2n) is 6.23. The van der Waals surface area contributed by atoms with Crippen molar-refractivity contribution in [3.63, 3.8) is 0 Å². The second kappa shape index (κ2) is 8.38. The molecule has 1 amide bonds. The van der Waals surface area contributed by atoms with Gasteiger partial charge in [0.15, 0.2) is 5.03 Å². The van der Waals surface area contributed by atoms with Crippen molar-refractivity contribution < 1.29 is 22.7 Å². The molecule has 3 rings (SSSR count). The van der Waals surface area contributed by atoms with E-state index < -0.39 is 15.9 Å². The van der Waals surface area contributed by atoms with Crippen LogP contribution >= 0.6 is 11.6 Å². The Balaban J connectivity index is 1.72. The summed E-state index contributed by atoms with van der Waals surface area (Å²) in [5.74, 6) is 0.430. The van der Waals surface area contributed by atoms with E-state index in [2.05, 4.69) is 10.3 Å². The van der Waals surface area contributed by atoms with Gasteiger partial charge in [0.2, 0.25) is 5.91 Å². The minimum Gasteiger partial charge on any atom is -0.497 e. The number of amides is 1. The lowest BCUT2D eigenvalue weighted by Crippen LogP contribution is -2.28. The SMILES string of the molecule is COc1cc(Cl)c(NC(=O)Cn2cnc(S(=O)(=O)N3CCCC3)c2)c(OC)c1. The van der Waals surface area contributed by atoms with E-state index in [0.717, 1.165) is 12.8 Å². The van der Waals surface area contributed by atoms with Gasteiger partial charge in [0.25, 0.3) is 10.0 Å². The molecule has 0 bridgehead atoms. The number of sulfonamides is 1. The van der Waals surface area contributed by atoms with E-state index in [4.69, 9.17) is 21.1 Å². The van der Waals surface area contributed by atoms with Gasteiger partial charge in [0, 0.05) is 31.4 Å². The van der Waals surface area contributed by atoms with Crippen molar-refractivity contribution in [3.8, 4) is 11.5 Å². The zero-order chi connectivity index (χ0) is 20.3. The van der Waals surface area contributed by atoms with Crippen LogP contribution in [0.1, 0.15) is 12.8 Å². The molecule has 1 saturated heterocycles. The lowest BCUT2D eigenvalue weighted by Gasteiger charge is -2.14. The number of rotatable bonds is 7. The van der Waals surface area contributed by atoms with E-state index in [1.807, 2.05) is 0 Å². The maximum atomic E-state index is 12.5. The molecule has 1 N–H and O–H groups in total. The lowest BCUT2D eigenvalue weighted by molar-refractivity contribution is -0.116. The summed E-state index contributed by atoms with van der Waals surface area (Å²) >= 11 is 6.20. The fourth-order valence-corrected chi connectivity index (χ4v) is 4.62.